The van der Waals surface area contributed by atoms with Crippen molar-refractivity contribution in [3.05, 3.63) is 71.0 Å². The molecule has 0 unspecified atom stereocenters. The predicted molar refractivity (Wildman–Crippen MR) is 105 cm³/mol. The number of hydrogen-bond acceptors (Lipinski definition) is 6. The number of Topliss-reactive ketones (excluding diaryl/α,β-unsaturated/α-hetero) is 1. The van der Waals surface area contributed by atoms with Crippen LogP contribution in [0, 0.1) is 0 Å². The van der Waals surface area contributed by atoms with Gasteiger partial charge in [0.2, 0.25) is 0 Å². The van der Waals surface area contributed by atoms with E-state index in [0.717, 1.165) is 26.1 Å². The quantitative estimate of drug-likeness (QED) is 0.377. The normalized spacial score (nSPS) is 11.1. The lowest BCUT2D eigenvalue weighted by molar-refractivity contribution is 0.0974. The number of carbonyl (C=O) groups excluding carboxylic acids is 1. The molecule has 2 aromatic heterocycles. The van der Waals surface area contributed by atoms with Crippen LogP contribution in [0.25, 0.3) is 11.0 Å². The fourth-order valence-corrected chi connectivity index (χ4v) is 4.39. The number of nitrogens with one attached hydrogen (secondary N) is 1. The number of aromatic amines is 1. The van der Waals surface area contributed by atoms with Crippen molar-refractivity contribution in [2.45, 2.75) is 22.9 Å². The van der Waals surface area contributed by atoms with Gasteiger partial charge in [-0.1, -0.05) is 65.6 Å². The molecule has 130 valence electrons. The monoisotopic (exact) mass is 380 g/mol. The van der Waals surface area contributed by atoms with Gasteiger partial charge in [-0.2, -0.15) is 0 Å². The van der Waals surface area contributed by atoms with E-state index in [-0.39, 0.29) is 5.78 Å². The van der Waals surface area contributed by atoms with E-state index in [1.807, 2.05) is 42.5 Å². The van der Waals surface area contributed by atoms with Crippen molar-refractivity contribution in [2.75, 3.05) is 0 Å². The Morgan fingerprint density at radius 3 is 2.69 bits per heavy atom. The molecule has 0 atom stereocenters. The van der Waals surface area contributed by atoms with E-state index in [4.69, 9.17) is 0 Å². The van der Waals surface area contributed by atoms with Crippen molar-refractivity contribution >= 4 is 39.9 Å². The van der Waals surface area contributed by atoms with Crippen LogP contribution in [0.5, 0.6) is 0 Å². The van der Waals surface area contributed by atoms with Gasteiger partial charge in [0.15, 0.2) is 15.9 Å². The zero-order valence-electron chi connectivity index (χ0n) is 13.9. The average Bonchev–Trinajstić information content (AvgIpc) is 3.32. The molecule has 4 aromatic rings. The summed E-state index contributed by atoms with van der Waals surface area (Å²) in [5, 5.41) is 9.29. The highest BCUT2D eigenvalue weighted by atomic mass is 32.2. The molecule has 0 aliphatic carbocycles. The minimum Gasteiger partial charge on any atom is -0.335 e. The number of carbonyl (C=O) groups is 1. The Kier molecular flexibility index (Phi) is 5.08. The van der Waals surface area contributed by atoms with Crippen LogP contribution in [-0.2, 0) is 12.2 Å². The van der Waals surface area contributed by atoms with E-state index in [1.54, 1.807) is 23.1 Å². The highest BCUT2D eigenvalue weighted by Crippen LogP contribution is 2.26. The summed E-state index contributed by atoms with van der Waals surface area (Å²) in [5.74, 6) is 1.28. The Balaban J connectivity index is 1.33. The minimum absolute atomic E-state index is 0.00473. The topological polar surface area (TPSA) is 71.5 Å². The second-order valence-electron chi connectivity index (χ2n) is 5.76. The Labute approximate surface area is 158 Å². The molecule has 0 spiro atoms. The summed E-state index contributed by atoms with van der Waals surface area (Å²) >= 11 is 3.22. The van der Waals surface area contributed by atoms with Gasteiger partial charge in [0.25, 0.3) is 0 Å². The third-order valence-electron chi connectivity index (χ3n) is 3.87. The Hall–Kier alpha value is -2.51. The van der Waals surface area contributed by atoms with Crippen LogP contribution in [0.4, 0.5) is 0 Å². The lowest BCUT2D eigenvalue weighted by Crippen LogP contribution is -2.03. The predicted octanol–water partition coefficient (Wildman–Crippen LogP) is 4.52. The van der Waals surface area contributed by atoms with Gasteiger partial charge in [0.05, 0.1) is 11.0 Å². The number of benzene rings is 2. The molecule has 2 aromatic carbocycles. The van der Waals surface area contributed by atoms with E-state index >= 15 is 0 Å². The first-order valence-corrected chi connectivity index (χ1v) is 10.1. The average molecular weight is 380 g/mol. The van der Waals surface area contributed by atoms with Gasteiger partial charge in [-0.05, 0) is 17.7 Å². The Bertz CT molecular complexity index is 993. The van der Waals surface area contributed by atoms with E-state index in [9.17, 15) is 4.79 Å². The van der Waals surface area contributed by atoms with Crippen LogP contribution >= 0.6 is 23.1 Å². The molecule has 7 heteroatoms. The van der Waals surface area contributed by atoms with Crippen molar-refractivity contribution in [2.24, 2.45) is 0 Å². The maximum atomic E-state index is 12.4. The number of imidazole rings is 1. The van der Waals surface area contributed by atoms with Gasteiger partial charge in [-0.25, -0.2) is 4.98 Å². The molecule has 4 rings (SSSR count). The number of nitrogens with zero attached hydrogens (tertiary/aromatic N) is 3. The van der Waals surface area contributed by atoms with Gasteiger partial charge in [0.1, 0.15) is 5.01 Å². The molecular weight excluding hydrogens is 364 g/mol. The number of fused-ring (bicyclic) bond motifs is 1. The van der Waals surface area contributed by atoms with E-state index < -0.39 is 0 Å². The summed E-state index contributed by atoms with van der Waals surface area (Å²) < 4.78 is 0.931. The maximum Gasteiger partial charge on any atom is 0.198 e. The Morgan fingerprint density at radius 1 is 1.04 bits per heavy atom. The Morgan fingerprint density at radius 2 is 1.85 bits per heavy atom. The first-order chi connectivity index (χ1) is 12.8. The van der Waals surface area contributed by atoms with Gasteiger partial charge in [-0.15, -0.1) is 10.2 Å². The third kappa shape index (κ3) is 4.00. The number of hydrogen-bond donors (Lipinski definition) is 1. The fourth-order valence-electron chi connectivity index (χ4n) is 2.54. The van der Waals surface area contributed by atoms with Crippen molar-refractivity contribution in [1.29, 1.82) is 0 Å². The fraction of sp³-hybridized carbons (Fsp3) is 0.158. The summed E-state index contributed by atoms with van der Waals surface area (Å²) in [7, 11) is 0. The molecule has 0 bridgehead atoms. The van der Waals surface area contributed by atoms with Crippen LogP contribution in [0.15, 0.2) is 58.9 Å². The molecule has 1 N–H and O–H groups in total. The molecule has 26 heavy (non-hydrogen) atoms. The lowest BCUT2D eigenvalue weighted by atomic mass is 10.2. The number of aromatic nitrogens is 4. The van der Waals surface area contributed by atoms with E-state index in [2.05, 4.69) is 32.3 Å². The first kappa shape index (κ1) is 16.9. The van der Waals surface area contributed by atoms with Crippen molar-refractivity contribution in [3.63, 3.8) is 0 Å². The highest BCUT2D eigenvalue weighted by Gasteiger charge is 2.13. The lowest BCUT2D eigenvalue weighted by Gasteiger charge is -1.97. The summed E-state index contributed by atoms with van der Waals surface area (Å²) in [4.78, 5) is 19.8. The zero-order valence-corrected chi connectivity index (χ0v) is 15.5. The smallest absolute Gasteiger partial charge is 0.198 e. The maximum absolute atomic E-state index is 12.4. The molecular formula is C19H16N4OS2. The van der Waals surface area contributed by atoms with Crippen LogP contribution in [0.2, 0.25) is 0 Å². The molecule has 0 aliphatic heterocycles. The van der Waals surface area contributed by atoms with Crippen molar-refractivity contribution < 1.29 is 4.79 Å². The number of thioether (sulfide) groups is 1. The van der Waals surface area contributed by atoms with Crippen LogP contribution < -0.4 is 0 Å². The van der Waals surface area contributed by atoms with E-state index in [1.165, 1.54) is 5.56 Å². The number of aryl methyl sites for hydroxylation is 1. The van der Waals surface area contributed by atoms with Crippen molar-refractivity contribution in [1.82, 2.24) is 20.2 Å². The summed E-state index contributed by atoms with van der Waals surface area (Å²) in [5.41, 5.74) is 2.95. The molecule has 0 saturated heterocycles. The van der Waals surface area contributed by atoms with E-state index in [0.29, 0.717) is 18.7 Å². The molecule has 5 nitrogen and oxygen atoms in total. The standard InChI is InChI=1S/C19H16N4OS2/c24-16(18-20-14-8-4-5-9-15(14)21-18)10-11-17-22-23-19(26-17)25-12-13-6-2-1-3-7-13/h1-9H,10-12H2,(H,20,21). The number of H-pyrrole nitrogens is 1. The van der Waals surface area contributed by atoms with Gasteiger partial charge >= 0.3 is 0 Å². The SMILES string of the molecule is O=C(CCc1nnc(SCc2ccccc2)s1)c1nc2ccccc2[nH]1. The van der Waals surface area contributed by atoms with Gasteiger partial charge in [-0.3, -0.25) is 4.79 Å². The number of ketones is 1. The van der Waals surface area contributed by atoms with Crippen LogP contribution in [0.1, 0.15) is 27.6 Å². The molecule has 2 heterocycles. The van der Waals surface area contributed by atoms with Gasteiger partial charge < -0.3 is 4.98 Å². The number of para-hydroxylation sites is 2. The molecule has 0 radical (unpaired) electrons. The minimum atomic E-state index is -0.00473. The summed E-state index contributed by atoms with van der Waals surface area (Å²) in [6.07, 6.45) is 0.956. The largest absolute Gasteiger partial charge is 0.335 e. The summed E-state index contributed by atoms with van der Waals surface area (Å²) in [6, 6.07) is 17.9. The third-order valence-corrected chi connectivity index (χ3v) is 6.06. The first-order valence-electron chi connectivity index (χ1n) is 8.25. The van der Waals surface area contributed by atoms with Crippen molar-refractivity contribution in [3.8, 4) is 0 Å². The van der Waals surface area contributed by atoms with Crippen LogP contribution in [0.3, 0.4) is 0 Å². The highest BCUT2D eigenvalue weighted by molar-refractivity contribution is 8.00. The zero-order chi connectivity index (χ0) is 17.8. The molecule has 0 aliphatic rings. The number of rotatable bonds is 7. The molecule has 0 saturated carbocycles. The van der Waals surface area contributed by atoms with Gasteiger partial charge in [0, 0.05) is 18.6 Å². The summed E-state index contributed by atoms with van der Waals surface area (Å²) in [6.45, 7) is 0. The second kappa shape index (κ2) is 7.80. The molecule has 0 amide bonds. The van der Waals surface area contributed by atoms with Crippen LogP contribution in [-0.4, -0.2) is 25.9 Å². The second-order valence-corrected chi connectivity index (χ2v) is 8.05. The molecule has 0 fully saturated rings.